The van der Waals surface area contributed by atoms with Crippen LogP contribution < -0.4 is 5.32 Å². The molecule has 0 bridgehead atoms. The number of imidazole rings is 1. The normalized spacial score (nSPS) is 15.0. The van der Waals surface area contributed by atoms with E-state index in [1.54, 1.807) is 0 Å². The SMILES string of the molecule is Cc1cccc(NC(=O)C2CCN(Cc3nc4ccccc4n3-c3ccc(Br)cc3)CC2)c1C. The summed E-state index contributed by atoms with van der Waals surface area (Å²) in [4.78, 5) is 20.3. The number of carbonyl (C=O) groups is 1. The summed E-state index contributed by atoms with van der Waals surface area (Å²) in [5.74, 6) is 1.21. The number of benzene rings is 3. The summed E-state index contributed by atoms with van der Waals surface area (Å²) in [5, 5.41) is 3.16. The van der Waals surface area contributed by atoms with Gasteiger partial charge in [0.05, 0.1) is 17.6 Å². The van der Waals surface area contributed by atoms with Crippen LogP contribution in [0.25, 0.3) is 16.7 Å². The summed E-state index contributed by atoms with van der Waals surface area (Å²) in [5.41, 5.74) is 6.48. The van der Waals surface area contributed by atoms with Gasteiger partial charge in [-0.1, -0.05) is 40.2 Å². The van der Waals surface area contributed by atoms with Gasteiger partial charge in [-0.2, -0.15) is 0 Å². The summed E-state index contributed by atoms with van der Waals surface area (Å²) in [6, 6.07) is 22.7. The van der Waals surface area contributed by atoms with Crippen molar-refractivity contribution in [2.24, 2.45) is 5.92 Å². The zero-order chi connectivity index (χ0) is 23.7. The number of para-hydroxylation sites is 2. The minimum absolute atomic E-state index is 0.0430. The van der Waals surface area contributed by atoms with Crippen LogP contribution in [-0.2, 0) is 11.3 Å². The maximum atomic E-state index is 12.9. The van der Waals surface area contributed by atoms with Crippen molar-refractivity contribution in [2.75, 3.05) is 18.4 Å². The van der Waals surface area contributed by atoms with Gasteiger partial charge >= 0.3 is 0 Å². The standard InChI is InChI=1S/C28H29BrN4O/c1-19-6-5-8-24(20(19)2)31-28(34)21-14-16-32(17-15-21)18-27-30-25-7-3-4-9-26(25)33(27)23-12-10-22(29)11-13-23/h3-13,21H,14-18H2,1-2H3,(H,31,34). The first-order chi connectivity index (χ1) is 16.5. The van der Waals surface area contributed by atoms with E-state index in [-0.39, 0.29) is 11.8 Å². The molecular weight excluding hydrogens is 488 g/mol. The molecule has 6 heteroatoms. The fraction of sp³-hybridized carbons (Fsp3) is 0.286. The van der Waals surface area contributed by atoms with Gasteiger partial charge in [0, 0.05) is 21.8 Å². The minimum atomic E-state index is 0.0430. The lowest BCUT2D eigenvalue weighted by Crippen LogP contribution is -2.38. The zero-order valence-corrected chi connectivity index (χ0v) is 21.2. The number of amides is 1. The molecule has 1 N–H and O–H groups in total. The lowest BCUT2D eigenvalue weighted by Gasteiger charge is -2.31. The van der Waals surface area contributed by atoms with Crippen molar-refractivity contribution in [1.29, 1.82) is 0 Å². The summed E-state index contributed by atoms with van der Waals surface area (Å²) in [7, 11) is 0. The highest BCUT2D eigenvalue weighted by molar-refractivity contribution is 9.10. The highest BCUT2D eigenvalue weighted by Gasteiger charge is 2.26. The topological polar surface area (TPSA) is 50.2 Å². The number of piperidine rings is 1. The third kappa shape index (κ3) is 4.65. The van der Waals surface area contributed by atoms with Crippen LogP contribution in [0.3, 0.4) is 0 Å². The Morgan fingerprint density at radius 3 is 2.50 bits per heavy atom. The minimum Gasteiger partial charge on any atom is -0.326 e. The molecule has 3 aromatic carbocycles. The number of rotatable bonds is 5. The number of likely N-dealkylation sites (tertiary alicyclic amines) is 1. The van der Waals surface area contributed by atoms with E-state index >= 15 is 0 Å². The molecule has 1 aliphatic rings. The van der Waals surface area contributed by atoms with Crippen LogP contribution in [0.15, 0.2) is 71.2 Å². The van der Waals surface area contributed by atoms with E-state index in [0.717, 1.165) is 70.7 Å². The predicted octanol–water partition coefficient (Wildman–Crippen LogP) is 6.26. The molecule has 0 saturated carbocycles. The molecule has 0 radical (unpaired) electrons. The van der Waals surface area contributed by atoms with Gasteiger partial charge in [0.25, 0.3) is 0 Å². The number of aryl methyl sites for hydroxylation is 1. The molecule has 1 amide bonds. The molecule has 0 aliphatic carbocycles. The predicted molar refractivity (Wildman–Crippen MR) is 141 cm³/mol. The molecule has 5 rings (SSSR count). The molecular formula is C28H29BrN4O. The van der Waals surface area contributed by atoms with Crippen LogP contribution >= 0.6 is 15.9 Å². The van der Waals surface area contributed by atoms with E-state index in [9.17, 15) is 4.79 Å². The molecule has 0 unspecified atom stereocenters. The van der Waals surface area contributed by atoms with Gasteiger partial charge in [-0.15, -0.1) is 0 Å². The fourth-order valence-electron chi connectivity index (χ4n) is 4.73. The van der Waals surface area contributed by atoms with Crippen molar-refractivity contribution in [1.82, 2.24) is 14.5 Å². The van der Waals surface area contributed by atoms with Gasteiger partial charge in [0.1, 0.15) is 5.82 Å². The van der Waals surface area contributed by atoms with E-state index in [4.69, 9.17) is 4.98 Å². The Morgan fingerprint density at radius 2 is 1.74 bits per heavy atom. The molecule has 5 nitrogen and oxygen atoms in total. The van der Waals surface area contributed by atoms with Gasteiger partial charge in [0.15, 0.2) is 0 Å². The number of nitrogens with one attached hydrogen (secondary N) is 1. The molecule has 34 heavy (non-hydrogen) atoms. The molecule has 2 heterocycles. The Labute approximate surface area is 208 Å². The van der Waals surface area contributed by atoms with Gasteiger partial charge in [-0.25, -0.2) is 4.98 Å². The van der Waals surface area contributed by atoms with Gasteiger partial charge in [-0.05, 0) is 93.4 Å². The number of nitrogens with zero attached hydrogens (tertiary/aromatic N) is 3. The monoisotopic (exact) mass is 516 g/mol. The highest BCUT2D eigenvalue weighted by atomic mass is 79.9. The fourth-order valence-corrected chi connectivity index (χ4v) is 5.00. The van der Waals surface area contributed by atoms with Gasteiger partial charge in [-0.3, -0.25) is 14.3 Å². The molecule has 0 atom stereocenters. The molecule has 1 aliphatic heterocycles. The maximum absolute atomic E-state index is 12.9. The molecule has 1 saturated heterocycles. The van der Waals surface area contributed by atoms with E-state index in [0.29, 0.717) is 0 Å². The van der Waals surface area contributed by atoms with E-state index < -0.39 is 0 Å². The number of hydrogen-bond acceptors (Lipinski definition) is 3. The Morgan fingerprint density at radius 1 is 1.00 bits per heavy atom. The number of fused-ring (bicyclic) bond motifs is 1. The number of carbonyl (C=O) groups excluding carboxylic acids is 1. The van der Waals surface area contributed by atoms with E-state index in [1.807, 2.05) is 18.2 Å². The first kappa shape index (κ1) is 22.8. The summed E-state index contributed by atoms with van der Waals surface area (Å²) in [6.07, 6.45) is 1.71. The largest absolute Gasteiger partial charge is 0.326 e. The Kier molecular flexibility index (Phi) is 6.53. The first-order valence-corrected chi connectivity index (χ1v) is 12.6. The Balaban J connectivity index is 1.29. The second-order valence-electron chi connectivity index (χ2n) is 9.12. The second kappa shape index (κ2) is 9.72. The summed E-state index contributed by atoms with van der Waals surface area (Å²) in [6.45, 7) is 6.66. The van der Waals surface area contributed by atoms with Crippen molar-refractivity contribution in [3.8, 4) is 5.69 Å². The molecule has 0 spiro atoms. The van der Waals surface area contributed by atoms with Crippen LogP contribution in [0.1, 0.15) is 29.8 Å². The second-order valence-corrected chi connectivity index (χ2v) is 10.0. The van der Waals surface area contributed by atoms with E-state index in [1.165, 1.54) is 5.56 Å². The number of anilines is 1. The van der Waals surface area contributed by atoms with Crippen LogP contribution in [-0.4, -0.2) is 33.4 Å². The van der Waals surface area contributed by atoms with E-state index in [2.05, 4.69) is 93.1 Å². The third-order valence-corrected chi connectivity index (χ3v) is 7.43. The number of halogens is 1. The third-order valence-electron chi connectivity index (χ3n) is 6.90. The van der Waals surface area contributed by atoms with Crippen molar-refractivity contribution >= 4 is 38.6 Å². The number of aromatic nitrogens is 2. The molecule has 1 aromatic heterocycles. The first-order valence-electron chi connectivity index (χ1n) is 11.8. The Hall–Kier alpha value is -2.96. The average Bonchev–Trinajstić information content (AvgIpc) is 3.21. The highest BCUT2D eigenvalue weighted by Crippen LogP contribution is 2.27. The zero-order valence-electron chi connectivity index (χ0n) is 19.6. The lowest BCUT2D eigenvalue weighted by molar-refractivity contribution is -0.121. The summed E-state index contributed by atoms with van der Waals surface area (Å²) < 4.78 is 3.31. The average molecular weight is 517 g/mol. The molecule has 1 fully saturated rings. The Bertz CT molecular complexity index is 1320. The smallest absolute Gasteiger partial charge is 0.227 e. The van der Waals surface area contributed by atoms with Crippen molar-refractivity contribution < 1.29 is 4.79 Å². The van der Waals surface area contributed by atoms with Crippen LogP contribution in [0.4, 0.5) is 5.69 Å². The van der Waals surface area contributed by atoms with Crippen LogP contribution in [0.5, 0.6) is 0 Å². The van der Waals surface area contributed by atoms with Crippen LogP contribution in [0.2, 0.25) is 0 Å². The van der Waals surface area contributed by atoms with Gasteiger partial charge < -0.3 is 5.32 Å². The lowest BCUT2D eigenvalue weighted by atomic mass is 9.95. The van der Waals surface area contributed by atoms with Crippen molar-refractivity contribution in [3.05, 3.63) is 88.2 Å². The quantitative estimate of drug-likeness (QED) is 0.340. The summed E-state index contributed by atoms with van der Waals surface area (Å²) >= 11 is 3.54. The maximum Gasteiger partial charge on any atom is 0.227 e. The molecule has 4 aromatic rings. The number of hydrogen-bond donors (Lipinski definition) is 1. The van der Waals surface area contributed by atoms with Crippen molar-refractivity contribution in [2.45, 2.75) is 33.2 Å². The van der Waals surface area contributed by atoms with Crippen molar-refractivity contribution in [3.63, 3.8) is 0 Å². The van der Waals surface area contributed by atoms with Gasteiger partial charge in [0.2, 0.25) is 5.91 Å². The van der Waals surface area contributed by atoms with Crippen LogP contribution in [0, 0.1) is 19.8 Å². The molecule has 174 valence electrons.